The number of thioether (sulfide) groups is 1. The van der Waals surface area contributed by atoms with Gasteiger partial charge in [-0.25, -0.2) is 4.98 Å². The number of anilines is 1. The Balaban J connectivity index is 1.66. The summed E-state index contributed by atoms with van der Waals surface area (Å²) in [6.45, 7) is 3.15. The van der Waals surface area contributed by atoms with Crippen LogP contribution in [0.2, 0.25) is 5.02 Å². The van der Waals surface area contributed by atoms with E-state index >= 15 is 0 Å². The number of rotatable bonds is 8. The molecule has 5 heteroatoms. The van der Waals surface area contributed by atoms with Gasteiger partial charge in [-0.15, -0.1) is 11.3 Å². The topological polar surface area (TPSA) is 16.1 Å². The van der Waals surface area contributed by atoms with E-state index < -0.39 is 0 Å². The van der Waals surface area contributed by atoms with Crippen LogP contribution in [0.15, 0.2) is 72.9 Å². The smallest absolute Gasteiger partial charge is 0.118 e. The Kier molecular flexibility index (Phi) is 7.33. The molecule has 1 heterocycles. The maximum atomic E-state index is 6.13. The molecule has 0 saturated carbocycles. The Morgan fingerprint density at radius 2 is 1.87 bits per heavy atom. The molecule has 0 spiro atoms. The van der Waals surface area contributed by atoms with Crippen molar-refractivity contribution >= 4 is 56.7 Å². The average molecular weight is 465 g/mol. The number of thiazole rings is 1. The second kappa shape index (κ2) is 10.4. The summed E-state index contributed by atoms with van der Waals surface area (Å²) in [7, 11) is 0. The largest absolute Gasteiger partial charge is 0.348 e. The highest BCUT2D eigenvalue weighted by Crippen LogP contribution is 2.30. The van der Waals surface area contributed by atoms with Crippen LogP contribution in [0.25, 0.3) is 27.4 Å². The van der Waals surface area contributed by atoms with E-state index in [0.717, 1.165) is 39.0 Å². The quantitative estimate of drug-likeness (QED) is 0.245. The van der Waals surface area contributed by atoms with Crippen LogP contribution in [0, 0.1) is 6.92 Å². The van der Waals surface area contributed by atoms with Gasteiger partial charge in [0.25, 0.3) is 0 Å². The van der Waals surface area contributed by atoms with Crippen LogP contribution in [0.5, 0.6) is 0 Å². The molecule has 0 unspecified atom stereocenters. The number of aromatic nitrogens is 1. The van der Waals surface area contributed by atoms with E-state index in [-0.39, 0.29) is 0 Å². The number of halogens is 1. The zero-order valence-electron chi connectivity index (χ0n) is 17.7. The highest BCUT2D eigenvalue weighted by molar-refractivity contribution is 7.98. The van der Waals surface area contributed by atoms with Crippen molar-refractivity contribution in [2.24, 2.45) is 0 Å². The van der Waals surface area contributed by atoms with E-state index in [1.54, 1.807) is 11.3 Å². The summed E-state index contributed by atoms with van der Waals surface area (Å²) in [4.78, 5) is 7.10. The maximum Gasteiger partial charge on any atom is 0.118 e. The molecule has 0 aliphatic heterocycles. The Labute approximate surface area is 197 Å². The summed E-state index contributed by atoms with van der Waals surface area (Å²) in [6.07, 6.45) is 7.58. The highest BCUT2D eigenvalue weighted by Gasteiger charge is 2.10. The van der Waals surface area contributed by atoms with Gasteiger partial charge in [-0.05, 0) is 72.4 Å². The van der Waals surface area contributed by atoms with Gasteiger partial charge in [0, 0.05) is 23.5 Å². The Bertz CT molecular complexity index is 1180. The lowest BCUT2D eigenvalue weighted by Gasteiger charge is -2.23. The number of hydrogen-bond donors (Lipinski definition) is 0. The molecule has 4 aromatic rings. The van der Waals surface area contributed by atoms with Gasteiger partial charge < -0.3 is 4.90 Å². The van der Waals surface area contributed by atoms with Gasteiger partial charge in [-0.2, -0.15) is 11.8 Å². The first-order valence-corrected chi connectivity index (χ1v) is 12.9. The molecule has 0 N–H and O–H groups in total. The highest BCUT2D eigenvalue weighted by atomic mass is 35.5. The summed E-state index contributed by atoms with van der Waals surface area (Å²) in [6, 6.07) is 23.2. The molecule has 3 aromatic carbocycles. The number of fused-ring (bicyclic) bond motifs is 1. The van der Waals surface area contributed by atoms with E-state index in [2.05, 4.69) is 78.9 Å². The van der Waals surface area contributed by atoms with E-state index in [1.165, 1.54) is 22.4 Å². The molecule has 0 atom stereocenters. The fraction of sp³-hybridized carbons (Fsp3) is 0.192. The van der Waals surface area contributed by atoms with Crippen LogP contribution in [0.1, 0.15) is 17.0 Å². The molecule has 158 valence electrons. The number of aryl methyl sites for hydroxylation is 1. The van der Waals surface area contributed by atoms with Crippen LogP contribution >= 0.6 is 34.7 Å². The Morgan fingerprint density at radius 1 is 1.03 bits per heavy atom. The molecule has 0 fully saturated rings. The summed E-state index contributed by atoms with van der Waals surface area (Å²) in [5, 5.41) is 1.71. The van der Waals surface area contributed by atoms with E-state index in [1.807, 2.05) is 30.0 Å². The molecule has 0 aliphatic carbocycles. The van der Waals surface area contributed by atoms with E-state index in [9.17, 15) is 0 Å². The minimum Gasteiger partial charge on any atom is -0.348 e. The summed E-state index contributed by atoms with van der Waals surface area (Å²) in [5.41, 5.74) is 5.93. The normalized spacial score (nSPS) is 11.5. The summed E-state index contributed by atoms with van der Waals surface area (Å²) < 4.78 is 1.15. The van der Waals surface area contributed by atoms with Crippen molar-refractivity contribution in [1.82, 2.24) is 4.98 Å². The van der Waals surface area contributed by atoms with Gasteiger partial charge in [0.1, 0.15) is 5.01 Å². The van der Waals surface area contributed by atoms with Crippen LogP contribution in [0.4, 0.5) is 5.69 Å². The van der Waals surface area contributed by atoms with Crippen molar-refractivity contribution in [2.75, 3.05) is 23.5 Å². The molecule has 0 bridgehead atoms. The Morgan fingerprint density at radius 3 is 2.68 bits per heavy atom. The molecule has 31 heavy (non-hydrogen) atoms. The monoisotopic (exact) mass is 464 g/mol. The first-order chi connectivity index (χ1) is 15.1. The van der Waals surface area contributed by atoms with Crippen molar-refractivity contribution in [3.05, 3.63) is 88.5 Å². The van der Waals surface area contributed by atoms with Crippen molar-refractivity contribution in [2.45, 2.75) is 13.3 Å². The van der Waals surface area contributed by atoms with Crippen LogP contribution < -0.4 is 4.90 Å². The molecule has 1 aromatic heterocycles. The standard InChI is InChI=1S/C26H25ClN2S2/c1-19-9-10-21(20-7-4-3-5-8-20)17-24(19)29(14-6-16-30-2)15-13-26-28-23-18-22(27)11-12-25(23)31-26/h3-5,7-13,15,17-18H,6,14,16H2,1-2H3/b15-13+. The lowest BCUT2D eigenvalue weighted by atomic mass is 10.0. The summed E-state index contributed by atoms with van der Waals surface area (Å²) >= 11 is 9.70. The van der Waals surface area contributed by atoms with E-state index in [0.29, 0.717) is 0 Å². The predicted octanol–water partition coefficient (Wildman–Crippen LogP) is 8.16. The van der Waals surface area contributed by atoms with Gasteiger partial charge in [0.05, 0.1) is 10.2 Å². The van der Waals surface area contributed by atoms with Gasteiger partial charge in [0.2, 0.25) is 0 Å². The molecular formula is C26H25ClN2S2. The van der Waals surface area contributed by atoms with Crippen molar-refractivity contribution in [1.29, 1.82) is 0 Å². The van der Waals surface area contributed by atoms with Crippen molar-refractivity contribution < 1.29 is 0 Å². The van der Waals surface area contributed by atoms with Gasteiger partial charge in [-0.1, -0.05) is 54.1 Å². The van der Waals surface area contributed by atoms with Crippen LogP contribution in [0.3, 0.4) is 0 Å². The van der Waals surface area contributed by atoms with Crippen molar-refractivity contribution in [3.8, 4) is 11.1 Å². The average Bonchev–Trinajstić information content (AvgIpc) is 3.19. The first-order valence-electron chi connectivity index (χ1n) is 10.3. The van der Waals surface area contributed by atoms with Crippen LogP contribution in [-0.2, 0) is 0 Å². The molecule has 0 amide bonds. The van der Waals surface area contributed by atoms with Crippen molar-refractivity contribution in [3.63, 3.8) is 0 Å². The maximum absolute atomic E-state index is 6.13. The zero-order chi connectivity index (χ0) is 21.6. The number of nitrogens with zero attached hydrogens (tertiary/aromatic N) is 2. The van der Waals surface area contributed by atoms with Gasteiger partial charge in [0.15, 0.2) is 0 Å². The Hall–Kier alpha value is -2.27. The minimum atomic E-state index is 0.723. The van der Waals surface area contributed by atoms with Gasteiger partial charge in [-0.3, -0.25) is 0 Å². The third kappa shape index (κ3) is 5.51. The van der Waals surface area contributed by atoms with Crippen LogP contribution in [-0.4, -0.2) is 23.5 Å². The molecule has 0 aliphatic rings. The van der Waals surface area contributed by atoms with Gasteiger partial charge >= 0.3 is 0 Å². The fourth-order valence-corrected chi connectivity index (χ4v) is 4.95. The molecule has 2 nitrogen and oxygen atoms in total. The van der Waals surface area contributed by atoms with E-state index in [4.69, 9.17) is 16.6 Å². The molecular weight excluding hydrogens is 440 g/mol. The lowest BCUT2D eigenvalue weighted by Crippen LogP contribution is -2.19. The fourth-order valence-electron chi connectivity index (χ4n) is 3.53. The number of hydrogen-bond acceptors (Lipinski definition) is 4. The molecule has 4 rings (SSSR count). The third-order valence-electron chi connectivity index (χ3n) is 5.14. The third-order valence-corrected chi connectivity index (χ3v) is 7.07. The molecule has 0 radical (unpaired) electrons. The number of benzene rings is 3. The second-order valence-electron chi connectivity index (χ2n) is 7.39. The minimum absolute atomic E-state index is 0.723. The predicted molar refractivity (Wildman–Crippen MR) is 141 cm³/mol. The SMILES string of the molecule is CSCCCN(/C=C/c1nc2cc(Cl)ccc2s1)c1cc(-c2ccccc2)ccc1C. The second-order valence-corrected chi connectivity index (χ2v) is 9.87. The summed E-state index contributed by atoms with van der Waals surface area (Å²) in [5.74, 6) is 1.14. The first kappa shape index (κ1) is 21.9. The zero-order valence-corrected chi connectivity index (χ0v) is 20.1. The lowest BCUT2D eigenvalue weighted by molar-refractivity contribution is 0.888. The molecule has 0 saturated heterocycles.